The van der Waals surface area contributed by atoms with Crippen molar-refractivity contribution < 1.29 is 9.90 Å². The zero-order valence-corrected chi connectivity index (χ0v) is 16.9. The van der Waals surface area contributed by atoms with Gasteiger partial charge in [0.25, 0.3) is 0 Å². The minimum atomic E-state index is 0.326. The minimum Gasteiger partial charge on any atom is -0.513 e. The molecule has 4 fully saturated rings. The van der Waals surface area contributed by atoms with Gasteiger partial charge in [-0.15, -0.1) is 0 Å². The van der Waals surface area contributed by atoms with Gasteiger partial charge in [-0.1, -0.05) is 33.3 Å². The van der Waals surface area contributed by atoms with Gasteiger partial charge in [0.15, 0.2) is 0 Å². The summed E-state index contributed by atoms with van der Waals surface area (Å²) in [7, 11) is 0. The molecule has 4 aliphatic carbocycles. The molecule has 0 aromatic heterocycles. The van der Waals surface area contributed by atoms with E-state index < -0.39 is 0 Å². The molecule has 1 N–H and O–H groups in total. The number of hydrogen-bond acceptors (Lipinski definition) is 2. The van der Waals surface area contributed by atoms with Crippen LogP contribution in [-0.4, -0.2) is 10.9 Å². The molecule has 7 unspecified atom stereocenters. The maximum Gasteiger partial charge on any atom is 0.136 e. The van der Waals surface area contributed by atoms with Gasteiger partial charge in [-0.2, -0.15) is 0 Å². The summed E-state index contributed by atoms with van der Waals surface area (Å²) in [5, 5.41) is 9.41. The number of ketones is 1. The van der Waals surface area contributed by atoms with E-state index in [-0.39, 0.29) is 0 Å². The number of hydrogen-bond donors (Lipinski definition) is 1. The Bertz CT molecular complexity index is 581. The normalized spacial score (nSPS) is 47.8. The molecule has 146 valence electrons. The Morgan fingerprint density at radius 1 is 1.08 bits per heavy atom. The molecule has 4 saturated carbocycles. The molecule has 0 aliphatic heterocycles. The lowest BCUT2D eigenvalue weighted by Crippen LogP contribution is -2.56. The Morgan fingerprint density at radius 3 is 2.62 bits per heavy atom. The van der Waals surface area contributed by atoms with Crippen molar-refractivity contribution in [2.75, 3.05) is 0 Å². The largest absolute Gasteiger partial charge is 0.513 e. The summed E-state index contributed by atoms with van der Waals surface area (Å²) >= 11 is 0. The maximum absolute atomic E-state index is 13.3. The fraction of sp³-hybridized carbons (Fsp3) is 0.875. The third-order valence-corrected chi connectivity index (χ3v) is 9.60. The van der Waals surface area contributed by atoms with E-state index in [4.69, 9.17) is 0 Å². The van der Waals surface area contributed by atoms with E-state index in [2.05, 4.69) is 20.4 Å². The second-order valence-corrected chi connectivity index (χ2v) is 10.6. The van der Waals surface area contributed by atoms with E-state index in [9.17, 15) is 9.90 Å². The van der Waals surface area contributed by atoms with Gasteiger partial charge >= 0.3 is 0 Å². The average molecular weight is 359 g/mol. The first kappa shape index (κ1) is 18.6. The monoisotopic (exact) mass is 358 g/mol. The van der Waals surface area contributed by atoms with E-state index in [1.807, 2.05) is 0 Å². The Balaban J connectivity index is 1.54. The lowest BCUT2D eigenvalue weighted by atomic mass is 9.44. The SMILES string of the molecule is C=C(O)CCCC1CCC2C3C(=O)CC4CCCCC4(C)C3CCC12C. The van der Waals surface area contributed by atoms with Crippen LogP contribution in [0.5, 0.6) is 0 Å². The number of carbonyl (C=O) groups is 1. The zero-order valence-electron chi connectivity index (χ0n) is 16.9. The van der Waals surface area contributed by atoms with Gasteiger partial charge in [-0.3, -0.25) is 4.79 Å². The van der Waals surface area contributed by atoms with Crippen molar-refractivity contribution >= 4 is 5.78 Å². The van der Waals surface area contributed by atoms with Gasteiger partial charge in [-0.05, 0) is 85.9 Å². The van der Waals surface area contributed by atoms with Crippen LogP contribution in [0.3, 0.4) is 0 Å². The molecule has 0 amide bonds. The molecule has 26 heavy (non-hydrogen) atoms. The molecule has 0 aromatic rings. The molecule has 0 saturated heterocycles. The van der Waals surface area contributed by atoms with Crippen LogP contribution >= 0.6 is 0 Å². The highest BCUT2D eigenvalue weighted by atomic mass is 16.3. The van der Waals surface area contributed by atoms with Crippen LogP contribution in [0, 0.1) is 40.4 Å². The zero-order chi connectivity index (χ0) is 18.5. The molecular formula is C24H38O2. The summed E-state index contributed by atoms with van der Waals surface area (Å²) in [4.78, 5) is 13.3. The lowest BCUT2D eigenvalue weighted by molar-refractivity contribution is -0.155. The number of aliphatic hydroxyl groups is 1. The topological polar surface area (TPSA) is 37.3 Å². The van der Waals surface area contributed by atoms with Crippen molar-refractivity contribution in [1.29, 1.82) is 0 Å². The van der Waals surface area contributed by atoms with Crippen LogP contribution in [-0.2, 0) is 4.79 Å². The van der Waals surface area contributed by atoms with Gasteiger partial charge in [0.2, 0.25) is 0 Å². The maximum atomic E-state index is 13.3. The molecule has 0 heterocycles. The second kappa shape index (κ2) is 6.67. The number of fused-ring (bicyclic) bond motifs is 5. The first-order valence-electron chi connectivity index (χ1n) is 11.3. The van der Waals surface area contributed by atoms with Crippen LogP contribution in [0.4, 0.5) is 0 Å². The first-order chi connectivity index (χ1) is 12.4. The number of rotatable bonds is 4. The van der Waals surface area contributed by atoms with Crippen LogP contribution in [0.1, 0.15) is 90.9 Å². The van der Waals surface area contributed by atoms with Gasteiger partial charge in [-0.25, -0.2) is 0 Å². The Kier molecular flexibility index (Phi) is 4.77. The van der Waals surface area contributed by atoms with Gasteiger partial charge in [0.05, 0.1) is 5.76 Å². The van der Waals surface area contributed by atoms with Crippen molar-refractivity contribution in [3.05, 3.63) is 12.3 Å². The predicted octanol–water partition coefficient (Wildman–Crippen LogP) is 6.46. The number of allylic oxidation sites excluding steroid dienone is 1. The van der Waals surface area contributed by atoms with E-state index in [1.54, 1.807) is 0 Å². The fourth-order valence-electron chi connectivity index (χ4n) is 8.10. The van der Waals surface area contributed by atoms with Gasteiger partial charge < -0.3 is 5.11 Å². The molecule has 2 nitrogen and oxygen atoms in total. The molecule has 2 heteroatoms. The molecule has 0 bridgehead atoms. The molecule has 0 aromatic carbocycles. The van der Waals surface area contributed by atoms with Gasteiger partial charge in [0.1, 0.15) is 5.78 Å². The highest BCUT2D eigenvalue weighted by molar-refractivity contribution is 5.83. The van der Waals surface area contributed by atoms with Crippen molar-refractivity contribution in [3.63, 3.8) is 0 Å². The van der Waals surface area contributed by atoms with E-state index in [1.165, 1.54) is 57.8 Å². The van der Waals surface area contributed by atoms with E-state index in [0.29, 0.717) is 46.0 Å². The second-order valence-electron chi connectivity index (χ2n) is 10.6. The highest BCUT2D eigenvalue weighted by Gasteiger charge is 2.61. The molecule has 7 atom stereocenters. The summed E-state index contributed by atoms with van der Waals surface area (Å²) in [6.45, 7) is 8.69. The average Bonchev–Trinajstić information content (AvgIpc) is 2.92. The number of aliphatic hydroxyl groups excluding tert-OH is 1. The summed E-state index contributed by atoms with van der Waals surface area (Å²) in [6, 6.07) is 0. The summed E-state index contributed by atoms with van der Waals surface area (Å²) < 4.78 is 0. The highest BCUT2D eigenvalue weighted by Crippen LogP contribution is 2.67. The number of Topliss-reactive ketones (excluding diaryl/α,β-unsaturated/α-hetero) is 1. The summed E-state index contributed by atoms with van der Waals surface area (Å²) in [6.07, 6.45) is 14.4. The number of carbonyl (C=O) groups excluding carboxylic acids is 1. The van der Waals surface area contributed by atoms with Crippen molar-refractivity contribution in [2.45, 2.75) is 90.9 Å². The summed E-state index contributed by atoms with van der Waals surface area (Å²) in [5.74, 6) is 3.98. The minimum absolute atomic E-state index is 0.326. The predicted molar refractivity (Wildman–Crippen MR) is 106 cm³/mol. The Morgan fingerprint density at radius 2 is 1.85 bits per heavy atom. The van der Waals surface area contributed by atoms with Crippen molar-refractivity contribution in [2.24, 2.45) is 40.4 Å². The van der Waals surface area contributed by atoms with Crippen LogP contribution in [0.2, 0.25) is 0 Å². The molecular weight excluding hydrogens is 320 g/mol. The third kappa shape index (κ3) is 2.78. The van der Waals surface area contributed by atoms with Crippen molar-refractivity contribution in [3.8, 4) is 0 Å². The lowest BCUT2D eigenvalue weighted by Gasteiger charge is -2.59. The molecule has 0 spiro atoms. The van der Waals surface area contributed by atoms with Crippen molar-refractivity contribution in [1.82, 2.24) is 0 Å². The fourth-order valence-corrected chi connectivity index (χ4v) is 8.10. The molecule has 4 aliphatic rings. The molecule has 4 rings (SSSR count). The van der Waals surface area contributed by atoms with Gasteiger partial charge in [0, 0.05) is 18.8 Å². The smallest absolute Gasteiger partial charge is 0.136 e. The summed E-state index contributed by atoms with van der Waals surface area (Å²) in [5.41, 5.74) is 0.788. The first-order valence-corrected chi connectivity index (χ1v) is 11.3. The van der Waals surface area contributed by atoms with Crippen LogP contribution in [0.15, 0.2) is 12.3 Å². The van der Waals surface area contributed by atoms with E-state index in [0.717, 1.165) is 25.2 Å². The molecule has 0 radical (unpaired) electrons. The standard InChI is InChI=1S/C24H38O2/c1-16(25)7-6-9-17-10-11-19-22-20(12-14-24(17,19)3)23(2)13-5-4-8-18(23)15-21(22)26/h17-20,22,25H,1,4-15H2,2-3H3. The van der Waals surface area contributed by atoms with E-state index >= 15 is 0 Å². The van der Waals surface area contributed by atoms with Crippen LogP contribution < -0.4 is 0 Å². The third-order valence-electron chi connectivity index (χ3n) is 9.60. The quantitative estimate of drug-likeness (QED) is 0.586. The Hall–Kier alpha value is -0.790. The van der Waals surface area contributed by atoms with Crippen LogP contribution in [0.25, 0.3) is 0 Å². The Labute approximate surface area is 159 Å².